The quantitative estimate of drug-likeness (QED) is 0.882. The van der Waals surface area contributed by atoms with Crippen molar-refractivity contribution in [1.29, 1.82) is 0 Å². The van der Waals surface area contributed by atoms with Gasteiger partial charge in [0.05, 0.1) is 5.56 Å². The highest BCUT2D eigenvalue weighted by Gasteiger charge is 2.26. The third-order valence-corrected chi connectivity index (χ3v) is 3.16. The van der Waals surface area contributed by atoms with Gasteiger partial charge in [-0.2, -0.15) is 5.10 Å². The molecule has 0 aromatic carbocycles. The number of aromatic nitrogens is 3. The van der Waals surface area contributed by atoms with Crippen LogP contribution in [-0.2, 0) is 4.79 Å². The van der Waals surface area contributed by atoms with E-state index in [1.807, 2.05) is 6.92 Å². The summed E-state index contributed by atoms with van der Waals surface area (Å²) in [6.45, 7) is 1.88. The standard InChI is InChI=1S/C13H16N4O3/c1-3-4-10(13(19)20)16(2)12(18)9-5-6-11-14-8-15-17(11)7-9/h5-8,10H,3-4H2,1-2H3,(H,19,20). The van der Waals surface area contributed by atoms with Crippen LogP contribution in [0.3, 0.4) is 0 Å². The molecule has 2 heterocycles. The predicted octanol–water partition coefficient (Wildman–Crippen LogP) is 1.05. The van der Waals surface area contributed by atoms with Gasteiger partial charge in [0.2, 0.25) is 0 Å². The highest BCUT2D eigenvalue weighted by atomic mass is 16.4. The lowest BCUT2D eigenvalue weighted by Gasteiger charge is -2.24. The van der Waals surface area contributed by atoms with Gasteiger partial charge in [0.15, 0.2) is 5.65 Å². The van der Waals surface area contributed by atoms with Crippen LogP contribution in [0.2, 0.25) is 0 Å². The maximum Gasteiger partial charge on any atom is 0.326 e. The zero-order valence-electron chi connectivity index (χ0n) is 11.4. The Morgan fingerprint density at radius 1 is 1.45 bits per heavy atom. The first-order chi connectivity index (χ1) is 9.54. The lowest BCUT2D eigenvalue weighted by Crippen LogP contribution is -2.42. The summed E-state index contributed by atoms with van der Waals surface area (Å²) >= 11 is 0. The van der Waals surface area contributed by atoms with Crippen molar-refractivity contribution in [2.24, 2.45) is 0 Å². The second-order valence-electron chi connectivity index (χ2n) is 4.54. The lowest BCUT2D eigenvalue weighted by molar-refractivity contribution is -0.142. The summed E-state index contributed by atoms with van der Waals surface area (Å²) in [4.78, 5) is 28.8. The number of fused-ring (bicyclic) bond motifs is 1. The number of aliphatic carboxylic acids is 1. The molecule has 0 saturated heterocycles. The molecule has 106 valence electrons. The van der Waals surface area contributed by atoms with Gasteiger partial charge in [0.1, 0.15) is 12.4 Å². The molecule has 0 fully saturated rings. The molecule has 1 atom stereocenters. The molecular weight excluding hydrogens is 260 g/mol. The molecule has 2 aromatic heterocycles. The molecule has 1 N–H and O–H groups in total. The third kappa shape index (κ3) is 2.61. The largest absolute Gasteiger partial charge is 0.480 e. The summed E-state index contributed by atoms with van der Waals surface area (Å²) in [5.41, 5.74) is 1.01. The van der Waals surface area contributed by atoms with E-state index in [2.05, 4.69) is 10.1 Å². The Hall–Kier alpha value is -2.44. The van der Waals surface area contributed by atoms with Crippen LogP contribution in [0.4, 0.5) is 0 Å². The van der Waals surface area contributed by atoms with Gasteiger partial charge in [-0.3, -0.25) is 4.79 Å². The van der Waals surface area contributed by atoms with Crippen molar-refractivity contribution in [3.63, 3.8) is 0 Å². The predicted molar refractivity (Wildman–Crippen MR) is 71.4 cm³/mol. The number of nitrogens with zero attached hydrogens (tertiary/aromatic N) is 4. The van der Waals surface area contributed by atoms with Crippen LogP contribution in [0.1, 0.15) is 30.1 Å². The second kappa shape index (κ2) is 5.68. The summed E-state index contributed by atoms with van der Waals surface area (Å²) in [6, 6.07) is 2.47. The van der Waals surface area contributed by atoms with E-state index < -0.39 is 12.0 Å². The molecule has 0 saturated carbocycles. The molecule has 1 amide bonds. The van der Waals surface area contributed by atoms with Crippen molar-refractivity contribution in [2.45, 2.75) is 25.8 Å². The van der Waals surface area contributed by atoms with E-state index in [0.717, 1.165) is 0 Å². The van der Waals surface area contributed by atoms with E-state index in [-0.39, 0.29) is 5.91 Å². The first-order valence-corrected chi connectivity index (χ1v) is 6.34. The number of carboxylic acid groups (broad SMARTS) is 1. The minimum absolute atomic E-state index is 0.344. The van der Waals surface area contributed by atoms with Gasteiger partial charge >= 0.3 is 5.97 Å². The average molecular weight is 276 g/mol. The Kier molecular flexibility index (Phi) is 3.97. The Bertz CT molecular complexity index is 637. The molecule has 0 aliphatic carbocycles. The lowest BCUT2D eigenvalue weighted by atomic mass is 10.1. The Morgan fingerprint density at radius 3 is 2.85 bits per heavy atom. The molecule has 0 radical (unpaired) electrons. The number of carboxylic acids is 1. The second-order valence-corrected chi connectivity index (χ2v) is 4.54. The van der Waals surface area contributed by atoms with Crippen LogP contribution in [0, 0.1) is 0 Å². The third-order valence-electron chi connectivity index (χ3n) is 3.16. The van der Waals surface area contributed by atoms with Crippen LogP contribution < -0.4 is 0 Å². The number of hydrogen-bond acceptors (Lipinski definition) is 4. The fraction of sp³-hybridized carbons (Fsp3) is 0.385. The van der Waals surface area contributed by atoms with Crippen LogP contribution in [0.15, 0.2) is 24.7 Å². The van der Waals surface area contributed by atoms with Crippen LogP contribution in [0.5, 0.6) is 0 Å². The highest BCUT2D eigenvalue weighted by molar-refractivity contribution is 5.96. The highest BCUT2D eigenvalue weighted by Crippen LogP contribution is 2.11. The van der Waals surface area contributed by atoms with Crippen molar-refractivity contribution >= 4 is 17.5 Å². The topological polar surface area (TPSA) is 87.8 Å². The monoisotopic (exact) mass is 276 g/mol. The summed E-state index contributed by atoms with van der Waals surface area (Å²) in [6.07, 6.45) is 4.05. The molecule has 7 nitrogen and oxygen atoms in total. The zero-order chi connectivity index (χ0) is 14.7. The summed E-state index contributed by atoms with van der Waals surface area (Å²) in [7, 11) is 1.50. The summed E-state index contributed by atoms with van der Waals surface area (Å²) in [5, 5.41) is 13.1. The van der Waals surface area contributed by atoms with E-state index in [1.165, 1.54) is 22.8 Å². The number of likely N-dealkylation sites (N-methyl/N-ethyl adjacent to an activating group) is 1. The minimum Gasteiger partial charge on any atom is -0.480 e. The maximum absolute atomic E-state index is 12.3. The summed E-state index contributed by atoms with van der Waals surface area (Å²) in [5.74, 6) is -1.34. The maximum atomic E-state index is 12.3. The number of amides is 1. The SMILES string of the molecule is CCCC(C(=O)O)N(C)C(=O)c1ccc2ncnn2c1. The van der Waals surface area contributed by atoms with Crippen molar-refractivity contribution in [2.75, 3.05) is 7.05 Å². The fourth-order valence-electron chi connectivity index (χ4n) is 2.04. The van der Waals surface area contributed by atoms with Gasteiger partial charge in [-0.25, -0.2) is 14.3 Å². The van der Waals surface area contributed by atoms with Gasteiger partial charge in [-0.05, 0) is 18.6 Å². The molecular formula is C13H16N4O3. The summed E-state index contributed by atoms with van der Waals surface area (Å²) < 4.78 is 1.48. The molecule has 2 aromatic rings. The Morgan fingerprint density at radius 2 is 2.20 bits per heavy atom. The first-order valence-electron chi connectivity index (χ1n) is 6.34. The van der Waals surface area contributed by atoms with E-state index >= 15 is 0 Å². The van der Waals surface area contributed by atoms with Crippen molar-refractivity contribution in [3.05, 3.63) is 30.2 Å². The van der Waals surface area contributed by atoms with Crippen molar-refractivity contribution in [3.8, 4) is 0 Å². The Labute approximate surface area is 115 Å². The van der Waals surface area contributed by atoms with Gasteiger partial charge in [-0.15, -0.1) is 0 Å². The van der Waals surface area contributed by atoms with E-state index in [9.17, 15) is 14.7 Å². The molecule has 20 heavy (non-hydrogen) atoms. The number of pyridine rings is 1. The molecule has 0 spiro atoms. The molecule has 0 bridgehead atoms. The van der Waals surface area contributed by atoms with E-state index in [0.29, 0.717) is 24.1 Å². The zero-order valence-corrected chi connectivity index (χ0v) is 11.4. The van der Waals surface area contributed by atoms with Crippen LogP contribution in [0.25, 0.3) is 5.65 Å². The van der Waals surface area contributed by atoms with Gasteiger partial charge < -0.3 is 10.0 Å². The smallest absolute Gasteiger partial charge is 0.326 e. The van der Waals surface area contributed by atoms with Crippen LogP contribution >= 0.6 is 0 Å². The van der Waals surface area contributed by atoms with Gasteiger partial charge in [-0.1, -0.05) is 13.3 Å². The molecule has 1 unspecified atom stereocenters. The van der Waals surface area contributed by atoms with Crippen molar-refractivity contribution < 1.29 is 14.7 Å². The van der Waals surface area contributed by atoms with Crippen LogP contribution in [-0.4, -0.2) is 49.6 Å². The molecule has 2 rings (SSSR count). The first kappa shape index (κ1) is 14.0. The Balaban J connectivity index is 2.26. The number of rotatable bonds is 5. The normalized spacial score (nSPS) is 12.3. The van der Waals surface area contributed by atoms with Crippen molar-refractivity contribution in [1.82, 2.24) is 19.5 Å². The molecule has 0 aliphatic heterocycles. The van der Waals surface area contributed by atoms with E-state index in [1.54, 1.807) is 18.3 Å². The molecule has 7 heteroatoms. The average Bonchev–Trinajstić information content (AvgIpc) is 2.90. The number of carbonyl (C=O) groups is 2. The van der Waals surface area contributed by atoms with Gasteiger partial charge in [0, 0.05) is 13.2 Å². The fourth-order valence-corrected chi connectivity index (χ4v) is 2.04. The van der Waals surface area contributed by atoms with Gasteiger partial charge in [0.25, 0.3) is 5.91 Å². The molecule has 0 aliphatic rings. The number of carbonyl (C=O) groups excluding carboxylic acids is 1. The minimum atomic E-state index is -0.996. The van der Waals surface area contributed by atoms with E-state index in [4.69, 9.17) is 0 Å². The number of hydrogen-bond donors (Lipinski definition) is 1.